The van der Waals surface area contributed by atoms with Crippen LogP contribution in [0.1, 0.15) is 41.1 Å². The number of likely N-dealkylation sites (tertiary alicyclic amines) is 2. The van der Waals surface area contributed by atoms with Gasteiger partial charge in [-0.3, -0.25) is 19.3 Å². The number of nitrogens with zero attached hydrogens (tertiary/aromatic N) is 3. The Labute approximate surface area is 181 Å². The van der Waals surface area contributed by atoms with Gasteiger partial charge in [-0.1, -0.05) is 0 Å². The normalized spacial score (nSPS) is 20.3. The number of H-pyrrole nitrogens is 1. The molecular formula is C23H28N4O4. The molecule has 3 heterocycles. The first-order valence-corrected chi connectivity index (χ1v) is 10.7. The van der Waals surface area contributed by atoms with Gasteiger partial charge in [0.25, 0.3) is 5.56 Å². The third-order valence-electron chi connectivity index (χ3n) is 6.24. The van der Waals surface area contributed by atoms with Crippen LogP contribution in [0.5, 0.6) is 5.75 Å². The van der Waals surface area contributed by atoms with Crippen LogP contribution in [0.25, 0.3) is 0 Å². The fourth-order valence-electron chi connectivity index (χ4n) is 4.58. The van der Waals surface area contributed by atoms with Gasteiger partial charge in [0.05, 0.1) is 19.7 Å². The molecule has 8 heteroatoms. The van der Waals surface area contributed by atoms with Crippen LogP contribution in [0.3, 0.4) is 0 Å². The highest BCUT2D eigenvalue weighted by atomic mass is 16.5. The molecule has 2 aliphatic rings. The van der Waals surface area contributed by atoms with E-state index >= 15 is 0 Å². The summed E-state index contributed by atoms with van der Waals surface area (Å²) < 4.78 is 5.16. The summed E-state index contributed by atoms with van der Waals surface area (Å²) in [4.78, 5) is 48.5. The van der Waals surface area contributed by atoms with E-state index in [2.05, 4.69) is 14.9 Å². The predicted molar refractivity (Wildman–Crippen MR) is 115 cm³/mol. The molecule has 2 saturated heterocycles. The Morgan fingerprint density at radius 2 is 1.84 bits per heavy atom. The molecule has 1 aromatic carbocycles. The Morgan fingerprint density at radius 3 is 2.48 bits per heavy atom. The van der Waals surface area contributed by atoms with Crippen molar-refractivity contribution in [1.29, 1.82) is 0 Å². The Kier molecular flexibility index (Phi) is 6.18. The van der Waals surface area contributed by atoms with Gasteiger partial charge < -0.3 is 14.6 Å². The van der Waals surface area contributed by atoms with E-state index in [9.17, 15) is 14.4 Å². The van der Waals surface area contributed by atoms with Crippen molar-refractivity contribution in [3.63, 3.8) is 0 Å². The SMILES string of the molecule is COc1ccc(C(=O)C2CCN(C3CCN(Cc4nc(C)cc(=O)[nH]4)C3=O)CC2)cc1. The molecule has 164 valence electrons. The number of ether oxygens (including phenoxy) is 1. The molecule has 0 spiro atoms. The lowest BCUT2D eigenvalue weighted by molar-refractivity contribution is -0.133. The van der Waals surface area contributed by atoms with Crippen molar-refractivity contribution in [2.75, 3.05) is 26.7 Å². The summed E-state index contributed by atoms with van der Waals surface area (Å²) >= 11 is 0. The van der Waals surface area contributed by atoms with Crippen LogP contribution in [0.4, 0.5) is 0 Å². The predicted octanol–water partition coefficient (Wildman–Crippen LogP) is 1.78. The standard InChI is InChI=1S/C23H28N4O4/c1-15-13-21(28)25-20(24-15)14-27-12-9-19(23(27)30)26-10-7-17(8-11-26)22(29)16-3-5-18(31-2)6-4-16/h3-6,13,17,19H,7-12,14H2,1-2H3,(H,24,25,28). The lowest BCUT2D eigenvalue weighted by atomic mass is 9.88. The maximum atomic E-state index is 13.0. The molecule has 1 N–H and O–H groups in total. The number of carbonyl (C=O) groups excluding carboxylic acids is 2. The van der Waals surface area contributed by atoms with E-state index in [0.717, 1.165) is 38.1 Å². The quantitative estimate of drug-likeness (QED) is 0.711. The smallest absolute Gasteiger partial charge is 0.251 e. The zero-order valence-corrected chi connectivity index (χ0v) is 18.0. The fourth-order valence-corrected chi connectivity index (χ4v) is 4.58. The van der Waals surface area contributed by atoms with Gasteiger partial charge in [0.15, 0.2) is 5.78 Å². The molecule has 1 aromatic heterocycles. The maximum absolute atomic E-state index is 13.0. The van der Waals surface area contributed by atoms with Gasteiger partial charge in [-0.15, -0.1) is 0 Å². The number of aromatic nitrogens is 2. The molecule has 0 bridgehead atoms. The van der Waals surface area contributed by atoms with Gasteiger partial charge >= 0.3 is 0 Å². The van der Waals surface area contributed by atoms with Crippen molar-refractivity contribution < 1.29 is 14.3 Å². The van der Waals surface area contributed by atoms with Gasteiger partial charge in [-0.25, -0.2) is 4.98 Å². The van der Waals surface area contributed by atoms with E-state index in [1.165, 1.54) is 6.07 Å². The highest BCUT2D eigenvalue weighted by Gasteiger charge is 2.38. The minimum atomic E-state index is -0.200. The highest BCUT2D eigenvalue weighted by Crippen LogP contribution is 2.27. The van der Waals surface area contributed by atoms with Crippen LogP contribution >= 0.6 is 0 Å². The maximum Gasteiger partial charge on any atom is 0.251 e. The summed E-state index contributed by atoms with van der Waals surface area (Å²) in [5.74, 6) is 1.47. The Balaban J connectivity index is 1.33. The number of aryl methyl sites for hydroxylation is 1. The number of methoxy groups -OCH3 is 1. The summed E-state index contributed by atoms with van der Waals surface area (Å²) in [6.07, 6.45) is 2.26. The van der Waals surface area contributed by atoms with E-state index in [-0.39, 0.29) is 29.2 Å². The molecule has 1 unspecified atom stereocenters. The number of amides is 1. The zero-order valence-electron chi connectivity index (χ0n) is 18.0. The minimum Gasteiger partial charge on any atom is -0.497 e. The van der Waals surface area contributed by atoms with Crippen molar-refractivity contribution in [2.24, 2.45) is 5.92 Å². The lowest BCUT2D eigenvalue weighted by Crippen LogP contribution is -2.46. The second-order valence-electron chi connectivity index (χ2n) is 8.30. The number of aromatic amines is 1. The van der Waals surface area contributed by atoms with Crippen LogP contribution < -0.4 is 10.3 Å². The van der Waals surface area contributed by atoms with E-state index in [0.29, 0.717) is 30.2 Å². The number of hydrogen-bond donors (Lipinski definition) is 1. The van der Waals surface area contributed by atoms with E-state index in [1.54, 1.807) is 18.9 Å². The number of carbonyl (C=O) groups is 2. The molecule has 2 aromatic rings. The second-order valence-corrected chi connectivity index (χ2v) is 8.30. The molecule has 0 saturated carbocycles. The van der Waals surface area contributed by atoms with E-state index < -0.39 is 0 Å². The molecule has 4 rings (SSSR count). The number of hydrogen-bond acceptors (Lipinski definition) is 6. The van der Waals surface area contributed by atoms with Gasteiger partial charge in [0.2, 0.25) is 5.91 Å². The molecule has 0 radical (unpaired) electrons. The van der Waals surface area contributed by atoms with Crippen LogP contribution in [0, 0.1) is 12.8 Å². The molecular weight excluding hydrogens is 396 g/mol. The number of ketones is 1. The molecule has 0 aliphatic carbocycles. The third-order valence-corrected chi connectivity index (χ3v) is 6.24. The number of benzene rings is 1. The monoisotopic (exact) mass is 424 g/mol. The highest BCUT2D eigenvalue weighted by molar-refractivity contribution is 5.98. The van der Waals surface area contributed by atoms with Crippen molar-refractivity contribution >= 4 is 11.7 Å². The average molecular weight is 425 g/mol. The summed E-state index contributed by atoms with van der Waals surface area (Å²) in [6.45, 7) is 4.20. The molecule has 2 aliphatic heterocycles. The first-order chi connectivity index (χ1) is 14.9. The summed E-state index contributed by atoms with van der Waals surface area (Å²) in [6, 6.07) is 8.53. The van der Waals surface area contributed by atoms with Crippen LogP contribution in [0.2, 0.25) is 0 Å². The van der Waals surface area contributed by atoms with Gasteiger partial charge in [-0.05, 0) is 63.5 Å². The molecule has 31 heavy (non-hydrogen) atoms. The van der Waals surface area contributed by atoms with E-state index in [4.69, 9.17) is 4.74 Å². The largest absolute Gasteiger partial charge is 0.497 e. The first-order valence-electron chi connectivity index (χ1n) is 10.7. The third kappa shape index (κ3) is 4.69. The van der Waals surface area contributed by atoms with E-state index in [1.807, 2.05) is 24.3 Å². The van der Waals surface area contributed by atoms with Crippen molar-refractivity contribution in [1.82, 2.24) is 19.8 Å². The van der Waals surface area contributed by atoms with Crippen molar-refractivity contribution in [3.05, 3.63) is 57.8 Å². The Bertz CT molecular complexity index is 1010. The second kappa shape index (κ2) is 9.01. The number of nitrogens with one attached hydrogen (secondary N) is 1. The number of rotatable bonds is 6. The average Bonchev–Trinajstić information content (AvgIpc) is 3.12. The lowest BCUT2D eigenvalue weighted by Gasteiger charge is -2.34. The minimum absolute atomic E-state index is 0.0150. The fraction of sp³-hybridized carbons (Fsp3) is 0.478. The summed E-state index contributed by atoms with van der Waals surface area (Å²) in [7, 11) is 1.61. The Morgan fingerprint density at radius 1 is 1.13 bits per heavy atom. The van der Waals surface area contributed by atoms with Crippen LogP contribution in [0.15, 0.2) is 35.1 Å². The molecule has 1 amide bonds. The topological polar surface area (TPSA) is 95.6 Å². The zero-order chi connectivity index (χ0) is 22.0. The molecule has 2 fully saturated rings. The molecule has 8 nitrogen and oxygen atoms in total. The molecule has 1 atom stereocenters. The van der Waals surface area contributed by atoms with Crippen LogP contribution in [-0.2, 0) is 11.3 Å². The number of piperidine rings is 1. The first kappa shape index (κ1) is 21.2. The summed E-state index contributed by atoms with van der Waals surface area (Å²) in [5, 5.41) is 0. The Hall–Kier alpha value is -3.00. The van der Waals surface area contributed by atoms with Crippen molar-refractivity contribution in [3.8, 4) is 5.75 Å². The van der Waals surface area contributed by atoms with Crippen molar-refractivity contribution in [2.45, 2.75) is 38.8 Å². The van der Waals surface area contributed by atoms with Crippen LogP contribution in [-0.4, -0.2) is 64.2 Å². The van der Waals surface area contributed by atoms with Gasteiger partial charge in [-0.2, -0.15) is 0 Å². The number of Topliss-reactive ketones (excluding diaryl/α,β-unsaturated/α-hetero) is 1. The van der Waals surface area contributed by atoms with Gasteiger partial charge in [0.1, 0.15) is 11.6 Å². The van der Waals surface area contributed by atoms with Gasteiger partial charge in [0, 0.05) is 29.8 Å². The summed E-state index contributed by atoms with van der Waals surface area (Å²) in [5.41, 5.74) is 1.15.